The number of nitrogens with zero attached hydrogens (tertiary/aromatic N) is 3. The number of rotatable bonds is 7. The second-order valence-electron chi connectivity index (χ2n) is 5.76. The van der Waals surface area contributed by atoms with Crippen molar-refractivity contribution in [2.45, 2.75) is 32.7 Å². The van der Waals surface area contributed by atoms with Crippen LogP contribution >= 0.6 is 0 Å². The lowest BCUT2D eigenvalue weighted by Crippen LogP contribution is -2.56. The molecule has 2 saturated heterocycles. The lowest BCUT2D eigenvalue weighted by atomic mass is 10.1. The van der Waals surface area contributed by atoms with Crippen molar-refractivity contribution in [2.24, 2.45) is 0 Å². The quantitative estimate of drug-likeness (QED) is 0.643. The van der Waals surface area contributed by atoms with Crippen LogP contribution in [-0.2, 0) is 9.53 Å². The highest BCUT2D eigenvalue weighted by Gasteiger charge is 2.28. The zero-order valence-electron chi connectivity index (χ0n) is 13.0. The van der Waals surface area contributed by atoms with Gasteiger partial charge in [-0.25, -0.2) is 0 Å². The Kier molecular flexibility index (Phi) is 6.26. The molecule has 2 aliphatic heterocycles. The van der Waals surface area contributed by atoms with Crippen molar-refractivity contribution in [3.63, 3.8) is 0 Å². The third kappa shape index (κ3) is 4.17. The Morgan fingerprint density at radius 2 is 2.00 bits per heavy atom. The highest BCUT2D eigenvalue weighted by molar-refractivity contribution is 5.78. The molecule has 5 heteroatoms. The highest BCUT2D eigenvalue weighted by Crippen LogP contribution is 2.14. The van der Waals surface area contributed by atoms with Crippen molar-refractivity contribution in [2.75, 3.05) is 59.0 Å². The third-order valence-electron chi connectivity index (χ3n) is 4.45. The molecule has 2 heterocycles. The molecule has 2 rings (SSSR count). The molecule has 1 atom stereocenters. The van der Waals surface area contributed by atoms with Crippen LogP contribution < -0.4 is 0 Å². The first kappa shape index (κ1) is 15.7. The lowest BCUT2D eigenvalue weighted by Gasteiger charge is -2.42. The van der Waals surface area contributed by atoms with Crippen LogP contribution in [0.25, 0.3) is 0 Å². The maximum Gasteiger partial charge on any atom is 0.236 e. The molecule has 0 unspecified atom stereocenters. The highest BCUT2D eigenvalue weighted by atomic mass is 16.5. The van der Waals surface area contributed by atoms with Gasteiger partial charge in [0.1, 0.15) is 0 Å². The van der Waals surface area contributed by atoms with E-state index in [-0.39, 0.29) is 0 Å². The van der Waals surface area contributed by atoms with Gasteiger partial charge in [0.05, 0.1) is 13.2 Å². The molecule has 0 N–H and O–H groups in total. The minimum atomic E-state index is 0.314. The summed E-state index contributed by atoms with van der Waals surface area (Å²) < 4.78 is 5.46. The molecule has 116 valence electrons. The minimum absolute atomic E-state index is 0.314. The maximum atomic E-state index is 12.0. The number of carbonyl (C=O) groups excluding carboxylic acids is 1. The standard InChI is InChI=1S/C15H29N3O2/c1-3-14-12-16(13-15(19)18-6-5-7-18)8-9-17(14)10-11-20-4-2/h14H,3-13H2,1-2H3/t14-/m1/s1. The fraction of sp³-hybridized carbons (Fsp3) is 0.933. The fourth-order valence-corrected chi connectivity index (χ4v) is 2.97. The van der Waals surface area contributed by atoms with Crippen LogP contribution in [0.5, 0.6) is 0 Å². The van der Waals surface area contributed by atoms with E-state index in [4.69, 9.17) is 4.74 Å². The molecular weight excluding hydrogens is 254 g/mol. The van der Waals surface area contributed by atoms with Crippen LogP contribution in [0.3, 0.4) is 0 Å². The van der Waals surface area contributed by atoms with Crippen molar-refractivity contribution in [3.8, 4) is 0 Å². The maximum absolute atomic E-state index is 12.0. The van der Waals surface area contributed by atoms with Crippen molar-refractivity contribution in [1.29, 1.82) is 0 Å². The molecular formula is C15H29N3O2. The van der Waals surface area contributed by atoms with Crippen molar-refractivity contribution in [1.82, 2.24) is 14.7 Å². The largest absolute Gasteiger partial charge is 0.380 e. The van der Waals surface area contributed by atoms with Gasteiger partial charge in [-0.05, 0) is 19.8 Å². The van der Waals surface area contributed by atoms with Gasteiger partial charge in [0.2, 0.25) is 5.91 Å². The summed E-state index contributed by atoms with van der Waals surface area (Å²) in [5, 5.41) is 0. The van der Waals surface area contributed by atoms with Crippen LogP contribution in [0.15, 0.2) is 0 Å². The van der Waals surface area contributed by atoms with Crippen LogP contribution in [-0.4, -0.2) is 85.7 Å². The first-order valence-corrected chi connectivity index (χ1v) is 8.06. The Morgan fingerprint density at radius 3 is 2.60 bits per heavy atom. The predicted molar refractivity (Wildman–Crippen MR) is 79.8 cm³/mol. The van der Waals surface area contributed by atoms with Gasteiger partial charge in [0, 0.05) is 51.9 Å². The van der Waals surface area contributed by atoms with E-state index in [2.05, 4.69) is 16.7 Å². The van der Waals surface area contributed by atoms with E-state index in [0.717, 1.165) is 58.9 Å². The average Bonchev–Trinajstić information content (AvgIpc) is 2.38. The summed E-state index contributed by atoms with van der Waals surface area (Å²) in [5.74, 6) is 0.314. The van der Waals surface area contributed by atoms with Crippen LogP contribution in [0, 0.1) is 0 Å². The number of piperazine rings is 1. The summed E-state index contributed by atoms with van der Waals surface area (Å²) in [5.41, 5.74) is 0. The zero-order valence-corrected chi connectivity index (χ0v) is 13.0. The van der Waals surface area contributed by atoms with Gasteiger partial charge < -0.3 is 9.64 Å². The summed E-state index contributed by atoms with van der Waals surface area (Å²) in [6.07, 6.45) is 2.31. The Labute approximate surface area is 122 Å². The molecule has 0 aliphatic carbocycles. The molecule has 5 nitrogen and oxygen atoms in total. The molecule has 2 fully saturated rings. The Balaban J connectivity index is 1.74. The van der Waals surface area contributed by atoms with E-state index in [1.54, 1.807) is 0 Å². The van der Waals surface area contributed by atoms with Crippen LogP contribution in [0.2, 0.25) is 0 Å². The Morgan fingerprint density at radius 1 is 1.20 bits per heavy atom. The summed E-state index contributed by atoms with van der Waals surface area (Å²) >= 11 is 0. The average molecular weight is 283 g/mol. The molecule has 20 heavy (non-hydrogen) atoms. The predicted octanol–water partition coefficient (Wildman–Crippen LogP) is 0.651. The van der Waals surface area contributed by atoms with Gasteiger partial charge in [-0.15, -0.1) is 0 Å². The Bertz CT molecular complexity index is 307. The molecule has 2 aliphatic rings. The topological polar surface area (TPSA) is 36.0 Å². The smallest absolute Gasteiger partial charge is 0.236 e. The van der Waals surface area contributed by atoms with Crippen molar-refractivity contribution < 1.29 is 9.53 Å². The second kappa shape index (κ2) is 7.96. The Hall–Kier alpha value is -0.650. The SMILES string of the molecule is CCOCCN1CCN(CC(=O)N2CCC2)C[C@H]1CC. The second-order valence-corrected chi connectivity index (χ2v) is 5.76. The van der Waals surface area contributed by atoms with Gasteiger partial charge in [-0.1, -0.05) is 6.92 Å². The summed E-state index contributed by atoms with van der Waals surface area (Å²) in [7, 11) is 0. The normalized spacial score (nSPS) is 24.7. The molecule has 0 aromatic rings. The summed E-state index contributed by atoms with van der Waals surface area (Å²) in [6.45, 7) is 12.5. The lowest BCUT2D eigenvalue weighted by molar-refractivity contribution is -0.136. The minimum Gasteiger partial charge on any atom is -0.380 e. The van der Waals surface area contributed by atoms with Gasteiger partial charge in [-0.2, -0.15) is 0 Å². The summed E-state index contributed by atoms with van der Waals surface area (Å²) in [4.78, 5) is 18.8. The van der Waals surface area contributed by atoms with Gasteiger partial charge in [-0.3, -0.25) is 14.6 Å². The molecule has 0 saturated carbocycles. The van der Waals surface area contributed by atoms with Crippen LogP contribution in [0.1, 0.15) is 26.7 Å². The molecule has 0 bridgehead atoms. The fourth-order valence-electron chi connectivity index (χ4n) is 2.97. The summed E-state index contributed by atoms with van der Waals surface area (Å²) in [6, 6.07) is 0.563. The van der Waals surface area contributed by atoms with E-state index in [0.29, 0.717) is 18.5 Å². The zero-order chi connectivity index (χ0) is 14.4. The monoisotopic (exact) mass is 283 g/mol. The number of carbonyl (C=O) groups is 1. The number of hydrogen-bond donors (Lipinski definition) is 0. The number of ether oxygens (including phenoxy) is 1. The van der Waals surface area contributed by atoms with E-state index >= 15 is 0 Å². The first-order chi connectivity index (χ1) is 9.74. The van der Waals surface area contributed by atoms with Gasteiger partial charge >= 0.3 is 0 Å². The molecule has 0 spiro atoms. The third-order valence-corrected chi connectivity index (χ3v) is 4.45. The van der Waals surface area contributed by atoms with E-state index in [1.807, 2.05) is 11.8 Å². The number of hydrogen-bond acceptors (Lipinski definition) is 4. The first-order valence-electron chi connectivity index (χ1n) is 8.06. The van der Waals surface area contributed by atoms with Crippen LogP contribution in [0.4, 0.5) is 0 Å². The molecule has 0 aromatic carbocycles. The van der Waals surface area contributed by atoms with E-state index in [9.17, 15) is 4.79 Å². The van der Waals surface area contributed by atoms with Crippen molar-refractivity contribution in [3.05, 3.63) is 0 Å². The van der Waals surface area contributed by atoms with Gasteiger partial charge in [0.15, 0.2) is 0 Å². The number of likely N-dealkylation sites (tertiary alicyclic amines) is 1. The molecule has 0 aromatic heterocycles. The molecule has 1 amide bonds. The number of amides is 1. The molecule has 0 radical (unpaired) electrons. The van der Waals surface area contributed by atoms with Gasteiger partial charge in [0.25, 0.3) is 0 Å². The van der Waals surface area contributed by atoms with Crippen molar-refractivity contribution >= 4 is 5.91 Å². The van der Waals surface area contributed by atoms with E-state index < -0.39 is 0 Å². The van der Waals surface area contributed by atoms with E-state index in [1.165, 1.54) is 6.42 Å².